The van der Waals surface area contributed by atoms with E-state index in [-0.39, 0.29) is 12.6 Å². The molecule has 0 aliphatic heterocycles. The average Bonchev–Trinajstić information content (AvgIpc) is 2.38. The summed E-state index contributed by atoms with van der Waals surface area (Å²) in [6.07, 6.45) is 0.980. The largest absolute Gasteiger partial charge is 0.496 e. The second-order valence-corrected chi connectivity index (χ2v) is 3.89. The minimum atomic E-state index is -0.0280. The maximum atomic E-state index is 9.24. The molecule has 0 heterocycles. The number of nitrogens with one attached hydrogen (secondary N) is 1. The number of benzene rings is 1. The van der Waals surface area contributed by atoms with Gasteiger partial charge in [-0.3, -0.25) is 0 Å². The van der Waals surface area contributed by atoms with Crippen molar-refractivity contribution < 1.29 is 14.6 Å². The molecule has 1 rings (SSSR count). The molecule has 1 atom stereocenters. The van der Waals surface area contributed by atoms with Gasteiger partial charge in [0.05, 0.1) is 20.3 Å². The van der Waals surface area contributed by atoms with Gasteiger partial charge in [0, 0.05) is 24.4 Å². The van der Waals surface area contributed by atoms with E-state index < -0.39 is 0 Å². The second kappa shape index (κ2) is 7.14. The minimum Gasteiger partial charge on any atom is -0.496 e. The molecule has 4 heteroatoms. The first-order valence-corrected chi connectivity index (χ1v) is 5.78. The van der Waals surface area contributed by atoms with Crippen LogP contribution in [0.1, 0.15) is 18.9 Å². The van der Waals surface area contributed by atoms with E-state index in [0.29, 0.717) is 12.4 Å². The lowest BCUT2D eigenvalue weighted by atomic mass is 10.1. The molecule has 1 unspecified atom stereocenters. The van der Waals surface area contributed by atoms with E-state index in [1.165, 1.54) is 0 Å². The molecule has 0 radical (unpaired) electrons. The van der Waals surface area contributed by atoms with Gasteiger partial charge < -0.3 is 19.9 Å². The molecule has 0 bridgehead atoms. The highest BCUT2D eigenvalue weighted by atomic mass is 16.5. The normalized spacial score (nSPS) is 12.2. The maximum Gasteiger partial charge on any atom is 0.124 e. The quantitative estimate of drug-likeness (QED) is 0.764. The van der Waals surface area contributed by atoms with Crippen molar-refractivity contribution in [2.45, 2.75) is 26.0 Å². The molecule has 0 aliphatic rings. The van der Waals surface area contributed by atoms with Crippen LogP contribution in [0.2, 0.25) is 0 Å². The van der Waals surface area contributed by atoms with Gasteiger partial charge in [-0.1, -0.05) is 6.92 Å². The van der Waals surface area contributed by atoms with E-state index in [1.807, 2.05) is 18.2 Å². The zero-order chi connectivity index (χ0) is 12.7. The van der Waals surface area contributed by atoms with Crippen molar-refractivity contribution in [3.63, 3.8) is 0 Å². The van der Waals surface area contributed by atoms with Crippen LogP contribution in [0.5, 0.6) is 5.75 Å². The van der Waals surface area contributed by atoms with E-state index >= 15 is 0 Å². The van der Waals surface area contributed by atoms with Crippen LogP contribution in [-0.4, -0.2) is 32.0 Å². The van der Waals surface area contributed by atoms with Crippen LogP contribution in [0, 0.1) is 0 Å². The van der Waals surface area contributed by atoms with E-state index in [2.05, 4.69) is 12.2 Å². The lowest BCUT2D eigenvalue weighted by molar-refractivity contribution is 0.184. The van der Waals surface area contributed by atoms with Crippen LogP contribution < -0.4 is 10.1 Å². The van der Waals surface area contributed by atoms with Crippen LogP contribution in [0.3, 0.4) is 0 Å². The number of anilines is 1. The van der Waals surface area contributed by atoms with Gasteiger partial charge in [-0.2, -0.15) is 0 Å². The SMILES string of the molecule is CCC(COC)Nc1ccc(OC)c(CO)c1. The standard InChI is InChI=1S/C13H21NO3/c1-4-11(9-16-2)14-12-5-6-13(17-3)10(7-12)8-15/h5-7,11,14-15H,4,8-9H2,1-3H3. The van der Waals surface area contributed by atoms with Gasteiger partial charge in [0.15, 0.2) is 0 Å². The number of aliphatic hydroxyl groups is 1. The van der Waals surface area contributed by atoms with Gasteiger partial charge in [-0.05, 0) is 24.6 Å². The van der Waals surface area contributed by atoms with E-state index in [0.717, 1.165) is 17.7 Å². The highest BCUT2D eigenvalue weighted by Gasteiger charge is 2.08. The Balaban J connectivity index is 2.77. The first kappa shape index (κ1) is 13.8. The second-order valence-electron chi connectivity index (χ2n) is 3.89. The summed E-state index contributed by atoms with van der Waals surface area (Å²) in [7, 11) is 3.29. The molecule has 0 saturated carbocycles. The summed E-state index contributed by atoms with van der Waals surface area (Å²) in [6.45, 7) is 2.74. The Morgan fingerprint density at radius 1 is 1.35 bits per heavy atom. The van der Waals surface area contributed by atoms with Crippen molar-refractivity contribution in [2.75, 3.05) is 26.1 Å². The van der Waals surface area contributed by atoms with Gasteiger partial charge in [0.1, 0.15) is 5.75 Å². The maximum absolute atomic E-state index is 9.24. The van der Waals surface area contributed by atoms with Crippen LogP contribution in [0.15, 0.2) is 18.2 Å². The molecule has 0 saturated heterocycles. The Labute approximate surface area is 103 Å². The Hall–Kier alpha value is -1.26. The van der Waals surface area contributed by atoms with Gasteiger partial charge in [0.25, 0.3) is 0 Å². The number of hydrogen-bond acceptors (Lipinski definition) is 4. The van der Waals surface area contributed by atoms with Gasteiger partial charge in [-0.25, -0.2) is 0 Å². The molecular weight excluding hydrogens is 218 g/mol. The summed E-state index contributed by atoms with van der Waals surface area (Å²) in [6, 6.07) is 5.97. The van der Waals surface area contributed by atoms with E-state index in [1.54, 1.807) is 14.2 Å². The molecule has 2 N–H and O–H groups in total. The van der Waals surface area contributed by atoms with E-state index in [4.69, 9.17) is 9.47 Å². The van der Waals surface area contributed by atoms with Crippen molar-refractivity contribution in [1.82, 2.24) is 0 Å². The zero-order valence-corrected chi connectivity index (χ0v) is 10.7. The van der Waals surface area contributed by atoms with Crippen molar-refractivity contribution in [3.8, 4) is 5.75 Å². The molecule has 17 heavy (non-hydrogen) atoms. The number of ether oxygens (including phenoxy) is 2. The van der Waals surface area contributed by atoms with Crippen LogP contribution in [0.25, 0.3) is 0 Å². The lowest BCUT2D eigenvalue weighted by Gasteiger charge is -2.18. The summed E-state index contributed by atoms with van der Waals surface area (Å²) in [4.78, 5) is 0. The fourth-order valence-electron chi connectivity index (χ4n) is 1.69. The molecule has 0 amide bonds. The van der Waals surface area contributed by atoms with E-state index in [9.17, 15) is 5.11 Å². The Bertz CT molecular complexity index is 341. The summed E-state index contributed by atoms with van der Waals surface area (Å²) in [5, 5.41) is 12.6. The summed E-state index contributed by atoms with van der Waals surface area (Å²) in [5.41, 5.74) is 1.75. The molecule has 4 nitrogen and oxygen atoms in total. The fraction of sp³-hybridized carbons (Fsp3) is 0.538. The Morgan fingerprint density at radius 2 is 2.12 bits per heavy atom. The van der Waals surface area contributed by atoms with Crippen molar-refractivity contribution in [3.05, 3.63) is 23.8 Å². The molecule has 1 aromatic rings. The van der Waals surface area contributed by atoms with Crippen molar-refractivity contribution in [1.29, 1.82) is 0 Å². The molecule has 0 fully saturated rings. The third-order valence-corrected chi connectivity index (χ3v) is 2.68. The third kappa shape index (κ3) is 3.91. The van der Waals surface area contributed by atoms with Crippen molar-refractivity contribution in [2.24, 2.45) is 0 Å². The predicted molar refractivity (Wildman–Crippen MR) is 68.5 cm³/mol. The van der Waals surface area contributed by atoms with Gasteiger partial charge >= 0.3 is 0 Å². The predicted octanol–water partition coefficient (Wildman–Crippen LogP) is 2.02. The lowest BCUT2D eigenvalue weighted by Crippen LogP contribution is -2.23. The van der Waals surface area contributed by atoms with Crippen LogP contribution in [-0.2, 0) is 11.3 Å². The van der Waals surface area contributed by atoms with Crippen molar-refractivity contribution >= 4 is 5.69 Å². The molecule has 0 aromatic heterocycles. The monoisotopic (exact) mass is 239 g/mol. The highest BCUT2D eigenvalue weighted by Crippen LogP contribution is 2.23. The molecule has 96 valence electrons. The molecule has 0 aliphatic carbocycles. The Kier molecular flexibility index (Phi) is 5.80. The summed E-state index contributed by atoms with van der Waals surface area (Å²) < 4.78 is 10.3. The average molecular weight is 239 g/mol. The zero-order valence-electron chi connectivity index (χ0n) is 10.7. The van der Waals surface area contributed by atoms with Crippen LogP contribution >= 0.6 is 0 Å². The first-order valence-electron chi connectivity index (χ1n) is 5.78. The molecular formula is C13H21NO3. The number of rotatable bonds is 7. The molecule has 1 aromatic carbocycles. The number of methoxy groups -OCH3 is 2. The summed E-state index contributed by atoms with van der Waals surface area (Å²) >= 11 is 0. The van der Waals surface area contributed by atoms with Gasteiger partial charge in [0.2, 0.25) is 0 Å². The Morgan fingerprint density at radius 3 is 2.65 bits per heavy atom. The van der Waals surface area contributed by atoms with Crippen LogP contribution in [0.4, 0.5) is 5.69 Å². The summed E-state index contributed by atoms with van der Waals surface area (Å²) in [5.74, 6) is 0.706. The smallest absolute Gasteiger partial charge is 0.124 e. The van der Waals surface area contributed by atoms with Gasteiger partial charge in [-0.15, -0.1) is 0 Å². The highest BCUT2D eigenvalue weighted by molar-refractivity contribution is 5.51. The molecule has 0 spiro atoms. The number of hydrogen-bond donors (Lipinski definition) is 2. The third-order valence-electron chi connectivity index (χ3n) is 2.68. The minimum absolute atomic E-state index is 0.0280. The topological polar surface area (TPSA) is 50.7 Å². The first-order chi connectivity index (χ1) is 8.24. The number of aliphatic hydroxyl groups excluding tert-OH is 1. The fourth-order valence-corrected chi connectivity index (χ4v) is 1.69.